The second kappa shape index (κ2) is 18.8. The topological polar surface area (TPSA) is 143 Å². The van der Waals surface area contributed by atoms with E-state index in [1.54, 1.807) is 6.92 Å². The van der Waals surface area contributed by atoms with Gasteiger partial charge < -0.3 is 30.5 Å². The SMILES string of the molecule is C[C@@H](CO)NC(=O)C[C@H]1C/C=C\CCCCC(=O)OC[C@H](CCCCNC(=O)OCc2ccccc2)NC1=O. The van der Waals surface area contributed by atoms with Gasteiger partial charge >= 0.3 is 12.1 Å². The fourth-order valence-corrected chi connectivity index (χ4v) is 4.06. The van der Waals surface area contributed by atoms with Crippen molar-refractivity contribution in [1.29, 1.82) is 0 Å². The molecular formula is C29H43N3O7. The minimum absolute atomic E-state index is 0.0119. The van der Waals surface area contributed by atoms with Crippen molar-refractivity contribution in [2.45, 2.75) is 83.4 Å². The van der Waals surface area contributed by atoms with Crippen molar-refractivity contribution in [3.63, 3.8) is 0 Å². The van der Waals surface area contributed by atoms with E-state index in [4.69, 9.17) is 9.47 Å². The summed E-state index contributed by atoms with van der Waals surface area (Å²) in [6.07, 6.45) is 8.31. The number of ether oxygens (including phenoxy) is 2. The van der Waals surface area contributed by atoms with Crippen molar-refractivity contribution < 1.29 is 33.8 Å². The number of amides is 3. The summed E-state index contributed by atoms with van der Waals surface area (Å²) in [5.74, 6) is -1.48. The van der Waals surface area contributed by atoms with Gasteiger partial charge in [-0.25, -0.2) is 4.79 Å². The van der Waals surface area contributed by atoms with Crippen LogP contribution in [-0.2, 0) is 30.5 Å². The van der Waals surface area contributed by atoms with Crippen LogP contribution >= 0.6 is 0 Å². The molecule has 1 aliphatic rings. The number of aliphatic hydroxyl groups is 1. The summed E-state index contributed by atoms with van der Waals surface area (Å²) in [5, 5.41) is 17.6. The van der Waals surface area contributed by atoms with Crippen LogP contribution in [0.3, 0.4) is 0 Å². The van der Waals surface area contributed by atoms with E-state index in [1.165, 1.54) is 0 Å². The Hall–Kier alpha value is -3.40. The summed E-state index contributed by atoms with van der Waals surface area (Å²) in [6, 6.07) is 8.59. The van der Waals surface area contributed by atoms with Crippen molar-refractivity contribution in [2.75, 3.05) is 19.8 Å². The van der Waals surface area contributed by atoms with Crippen molar-refractivity contribution in [3.8, 4) is 0 Å². The molecule has 1 aliphatic heterocycles. The van der Waals surface area contributed by atoms with Gasteiger partial charge in [0, 0.05) is 25.4 Å². The number of allylic oxidation sites excluding steroid dienone is 2. The Morgan fingerprint density at radius 2 is 1.95 bits per heavy atom. The number of alkyl carbamates (subject to hydrolysis) is 1. The predicted molar refractivity (Wildman–Crippen MR) is 146 cm³/mol. The third-order valence-electron chi connectivity index (χ3n) is 6.33. The minimum atomic E-state index is -0.589. The van der Waals surface area contributed by atoms with Crippen LogP contribution in [0.15, 0.2) is 42.5 Å². The van der Waals surface area contributed by atoms with E-state index >= 15 is 0 Å². The minimum Gasteiger partial charge on any atom is -0.463 e. The van der Waals surface area contributed by atoms with E-state index in [2.05, 4.69) is 16.0 Å². The number of hydrogen-bond donors (Lipinski definition) is 4. The third-order valence-corrected chi connectivity index (χ3v) is 6.33. The fraction of sp³-hybridized carbons (Fsp3) is 0.586. The number of carbonyl (C=O) groups excluding carboxylic acids is 4. The van der Waals surface area contributed by atoms with Gasteiger partial charge in [0.1, 0.15) is 13.2 Å². The van der Waals surface area contributed by atoms with Gasteiger partial charge in [0.25, 0.3) is 0 Å². The molecule has 1 heterocycles. The van der Waals surface area contributed by atoms with E-state index < -0.39 is 24.1 Å². The molecule has 216 valence electrons. The summed E-state index contributed by atoms with van der Waals surface area (Å²) >= 11 is 0. The summed E-state index contributed by atoms with van der Waals surface area (Å²) in [4.78, 5) is 49.6. The molecule has 0 unspecified atom stereocenters. The largest absolute Gasteiger partial charge is 0.463 e. The fourth-order valence-electron chi connectivity index (χ4n) is 4.06. The number of esters is 1. The zero-order valence-corrected chi connectivity index (χ0v) is 22.9. The maximum Gasteiger partial charge on any atom is 0.407 e. The quantitative estimate of drug-likeness (QED) is 0.190. The van der Waals surface area contributed by atoms with Gasteiger partial charge in [-0.05, 0) is 57.4 Å². The Morgan fingerprint density at radius 3 is 2.72 bits per heavy atom. The highest BCUT2D eigenvalue weighted by Crippen LogP contribution is 2.14. The monoisotopic (exact) mass is 545 g/mol. The first-order chi connectivity index (χ1) is 18.9. The third kappa shape index (κ3) is 14.4. The smallest absolute Gasteiger partial charge is 0.407 e. The normalized spacial score (nSPS) is 20.5. The molecule has 3 amide bonds. The molecule has 0 fully saturated rings. The highest BCUT2D eigenvalue weighted by Gasteiger charge is 2.24. The molecule has 39 heavy (non-hydrogen) atoms. The number of rotatable bonds is 11. The van der Waals surface area contributed by atoms with Crippen molar-refractivity contribution in [3.05, 3.63) is 48.0 Å². The van der Waals surface area contributed by atoms with Crippen LogP contribution in [0, 0.1) is 5.92 Å². The second-order valence-corrected chi connectivity index (χ2v) is 9.88. The molecule has 0 radical (unpaired) electrons. The molecule has 2 rings (SSSR count). The van der Waals surface area contributed by atoms with Gasteiger partial charge in [-0.15, -0.1) is 0 Å². The molecule has 10 nitrogen and oxygen atoms in total. The Balaban J connectivity index is 1.87. The lowest BCUT2D eigenvalue weighted by Crippen LogP contribution is -2.44. The molecule has 0 aliphatic carbocycles. The lowest BCUT2D eigenvalue weighted by Gasteiger charge is -2.23. The number of hydrogen-bond acceptors (Lipinski definition) is 7. The van der Waals surface area contributed by atoms with Crippen LogP contribution in [0.4, 0.5) is 4.79 Å². The molecular weight excluding hydrogens is 502 g/mol. The Labute approximate surface area is 230 Å². The van der Waals surface area contributed by atoms with Crippen LogP contribution in [0.25, 0.3) is 0 Å². The molecule has 0 spiro atoms. The molecule has 3 atom stereocenters. The van der Waals surface area contributed by atoms with Crippen molar-refractivity contribution >= 4 is 23.9 Å². The summed E-state index contributed by atoms with van der Waals surface area (Å²) in [7, 11) is 0. The molecule has 1 aromatic rings. The number of nitrogens with one attached hydrogen (secondary N) is 3. The number of aliphatic hydroxyl groups excluding tert-OH is 1. The van der Waals surface area contributed by atoms with E-state index in [1.807, 2.05) is 42.5 Å². The predicted octanol–water partition coefficient (Wildman–Crippen LogP) is 3.13. The van der Waals surface area contributed by atoms with Crippen molar-refractivity contribution in [1.82, 2.24) is 16.0 Å². The van der Waals surface area contributed by atoms with E-state index in [-0.39, 0.29) is 44.0 Å². The number of unbranched alkanes of at least 4 members (excludes halogenated alkanes) is 1. The lowest BCUT2D eigenvalue weighted by molar-refractivity contribution is -0.145. The molecule has 4 N–H and O–H groups in total. The van der Waals surface area contributed by atoms with E-state index in [9.17, 15) is 24.3 Å². The molecule has 0 saturated carbocycles. The van der Waals surface area contributed by atoms with Gasteiger partial charge in [0.2, 0.25) is 11.8 Å². The second-order valence-electron chi connectivity index (χ2n) is 9.88. The van der Waals surface area contributed by atoms with E-state index in [0.717, 1.165) is 24.8 Å². The average molecular weight is 546 g/mol. The Kier molecular flexibility index (Phi) is 15.3. The molecule has 0 aromatic heterocycles. The molecule has 0 bridgehead atoms. The summed E-state index contributed by atoms with van der Waals surface area (Å²) in [5.41, 5.74) is 0.904. The maximum atomic E-state index is 13.1. The highest BCUT2D eigenvalue weighted by atomic mass is 16.5. The highest BCUT2D eigenvalue weighted by molar-refractivity contribution is 5.86. The number of cyclic esters (lactones) is 1. The zero-order chi connectivity index (χ0) is 28.3. The van der Waals surface area contributed by atoms with Crippen LogP contribution in [0.2, 0.25) is 0 Å². The van der Waals surface area contributed by atoms with E-state index in [0.29, 0.717) is 38.6 Å². The van der Waals surface area contributed by atoms with Crippen LogP contribution in [0.1, 0.15) is 70.3 Å². The van der Waals surface area contributed by atoms with Gasteiger partial charge in [-0.3, -0.25) is 14.4 Å². The summed E-state index contributed by atoms with van der Waals surface area (Å²) < 4.78 is 10.6. The molecule has 0 saturated heterocycles. The Morgan fingerprint density at radius 1 is 1.15 bits per heavy atom. The molecule has 1 aromatic carbocycles. The number of carbonyl (C=O) groups is 4. The lowest BCUT2D eigenvalue weighted by atomic mass is 9.97. The zero-order valence-electron chi connectivity index (χ0n) is 22.9. The first-order valence-electron chi connectivity index (χ1n) is 13.8. The first kappa shape index (κ1) is 31.8. The van der Waals surface area contributed by atoms with Crippen molar-refractivity contribution in [2.24, 2.45) is 5.92 Å². The van der Waals surface area contributed by atoms with Gasteiger partial charge in [-0.1, -0.05) is 42.5 Å². The van der Waals surface area contributed by atoms with Crippen LogP contribution in [-0.4, -0.2) is 60.8 Å². The van der Waals surface area contributed by atoms with Gasteiger partial charge in [0.05, 0.1) is 18.6 Å². The van der Waals surface area contributed by atoms with Gasteiger partial charge in [-0.2, -0.15) is 0 Å². The Bertz CT molecular complexity index is 923. The van der Waals surface area contributed by atoms with Crippen LogP contribution in [0.5, 0.6) is 0 Å². The first-order valence-corrected chi connectivity index (χ1v) is 13.8. The maximum absolute atomic E-state index is 13.1. The standard InChI is InChI=1S/C29H43N3O7/c1-22(19-33)31-26(34)18-24-14-8-3-2-4-9-16-27(35)38-21-25(32-28(24)36)15-10-11-17-30-29(37)39-20-23-12-6-5-7-13-23/h3,5-8,12-13,22,24-25,33H,2,4,9-11,14-21H2,1H3,(H,30,37)(H,31,34)(H,32,36)/b8-3-/t22-,24+,25-/m0/s1. The number of benzene rings is 1. The average Bonchev–Trinajstić information content (AvgIpc) is 2.93. The van der Waals surface area contributed by atoms with Crippen LogP contribution < -0.4 is 16.0 Å². The van der Waals surface area contributed by atoms with Gasteiger partial charge in [0.15, 0.2) is 0 Å². The molecule has 10 heteroatoms. The summed E-state index contributed by atoms with van der Waals surface area (Å²) in [6.45, 7) is 2.15.